The summed E-state index contributed by atoms with van der Waals surface area (Å²) in [7, 11) is 0. The van der Waals surface area contributed by atoms with Crippen LogP contribution in [0.25, 0.3) is 10.9 Å². The third kappa shape index (κ3) is 3.93. The van der Waals surface area contributed by atoms with Crippen molar-refractivity contribution in [2.45, 2.75) is 26.6 Å². The van der Waals surface area contributed by atoms with Crippen LogP contribution in [0.4, 0.5) is 0 Å². The molecular formula is C23H21Cl2N3. The summed E-state index contributed by atoms with van der Waals surface area (Å²) < 4.78 is 2.32. The maximum Gasteiger partial charge on any atom is 0.0493 e. The zero-order valence-corrected chi connectivity index (χ0v) is 17.1. The van der Waals surface area contributed by atoms with E-state index in [1.807, 2.05) is 24.4 Å². The molecule has 3 nitrogen and oxygen atoms in total. The molecule has 4 rings (SSSR count). The van der Waals surface area contributed by atoms with Crippen LogP contribution in [0.2, 0.25) is 10.0 Å². The second-order valence-corrected chi connectivity index (χ2v) is 7.71. The average Bonchev–Trinajstić information content (AvgIpc) is 2.97. The van der Waals surface area contributed by atoms with Gasteiger partial charge in [-0.05, 0) is 47.9 Å². The molecule has 0 aliphatic rings. The number of aromatic nitrogens is 2. The van der Waals surface area contributed by atoms with Gasteiger partial charge in [-0.2, -0.15) is 0 Å². The van der Waals surface area contributed by atoms with Gasteiger partial charge >= 0.3 is 0 Å². The maximum absolute atomic E-state index is 6.43. The van der Waals surface area contributed by atoms with E-state index in [9.17, 15) is 0 Å². The SMILES string of the molecule is Cc1c(CNCc2cccnc2)c2ccccc2n1Cc1ccc(Cl)cc1Cl. The molecule has 2 aromatic carbocycles. The standard InChI is InChI=1S/C23H21Cl2N3/c1-16-21(14-27-13-17-5-4-10-26-12-17)20-6-2-3-7-23(20)28(16)15-18-8-9-19(24)11-22(18)25/h2-12,27H,13-15H2,1H3. The summed E-state index contributed by atoms with van der Waals surface area (Å²) in [5.74, 6) is 0. The zero-order valence-electron chi connectivity index (χ0n) is 15.6. The molecule has 2 heterocycles. The molecule has 0 bridgehead atoms. The predicted octanol–water partition coefficient (Wildman–Crippen LogP) is 5.99. The topological polar surface area (TPSA) is 29.9 Å². The van der Waals surface area contributed by atoms with E-state index in [-0.39, 0.29) is 0 Å². The Bertz CT molecular complexity index is 1100. The Morgan fingerprint density at radius 1 is 1.00 bits per heavy atom. The minimum absolute atomic E-state index is 0.656. The molecule has 0 aliphatic heterocycles. The molecule has 5 heteroatoms. The minimum Gasteiger partial charge on any atom is -0.340 e. The van der Waals surface area contributed by atoms with Crippen molar-refractivity contribution in [1.29, 1.82) is 0 Å². The summed E-state index contributed by atoms with van der Waals surface area (Å²) in [4.78, 5) is 4.18. The molecule has 0 fully saturated rings. The fraction of sp³-hybridized carbons (Fsp3) is 0.174. The lowest BCUT2D eigenvalue weighted by Gasteiger charge is -2.11. The van der Waals surface area contributed by atoms with Crippen LogP contribution in [0.1, 0.15) is 22.4 Å². The molecule has 28 heavy (non-hydrogen) atoms. The first kappa shape index (κ1) is 19.0. The summed E-state index contributed by atoms with van der Waals surface area (Å²) in [6.45, 7) is 4.47. The van der Waals surface area contributed by atoms with Crippen molar-refractivity contribution < 1.29 is 0 Å². The van der Waals surface area contributed by atoms with Crippen LogP contribution < -0.4 is 5.32 Å². The first-order valence-electron chi connectivity index (χ1n) is 9.23. The lowest BCUT2D eigenvalue weighted by atomic mass is 10.1. The van der Waals surface area contributed by atoms with Crippen molar-refractivity contribution in [3.8, 4) is 0 Å². The highest BCUT2D eigenvalue weighted by atomic mass is 35.5. The smallest absolute Gasteiger partial charge is 0.0493 e. The molecule has 0 saturated heterocycles. The van der Waals surface area contributed by atoms with Crippen LogP contribution in [0.3, 0.4) is 0 Å². The van der Waals surface area contributed by atoms with Crippen LogP contribution >= 0.6 is 23.2 Å². The molecule has 0 atom stereocenters. The van der Waals surface area contributed by atoms with E-state index in [1.165, 1.54) is 27.7 Å². The van der Waals surface area contributed by atoms with E-state index in [1.54, 1.807) is 12.3 Å². The number of nitrogens with one attached hydrogen (secondary N) is 1. The third-order valence-electron chi connectivity index (χ3n) is 5.06. The lowest BCUT2D eigenvalue weighted by molar-refractivity contribution is 0.684. The summed E-state index contributed by atoms with van der Waals surface area (Å²) >= 11 is 12.5. The normalized spacial score (nSPS) is 11.2. The zero-order chi connectivity index (χ0) is 19.5. The van der Waals surface area contributed by atoms with Crippen LogP contribution in [-0.2, 0) is 19.6 Å². The number of halogens is 2. The monoisotopic (exact) mass is 409 g/mol. The van der Waals surface area contributed by atoms with Crippen molar-refractivity contribution in [3.05, 3.63) is 99.4 Å². The summed E-state index contributed by atoms with van der Waals surface area (Å²) in [6, 6.07) is 18.2. The number of nitrogens with zero attached hydrogens (tertiary/aromatic N) is 2. The molecule has 4 aromatic rings. The van der Waals surface area contributed by atoms with Gasteiger partial charge in [-0.1, -0.05) is 53.5 Å². The van der Waals surface area contributed by atoms with E-state index in [0.29, 0.717) is 16.6 Å². The molecule has 0 aliphatic carbocycles. The van der Waals surface area contributed by atoms with Crippen molar-refractivity contribution in [3.63, 3.8) is 0 Å². The second kappa shape index (κ2) is 8.36. The second-order valence-electron chi connectivity index (χ2n) is 6.87. The highest BCUT2D eigenvalue weighted by Gasteiger charge is 2.14. The Balaban J connectivity index is 1.63. The van der Waals surface area contributed by atoms with Gasteiger partial charge in [0.05, 0.1) is 0 Å². The average molecular weight is 410 g/mol. The maximum atomic E-state index is 6.43. The highest BCUT2D eigenvalue weighted by molar-refractivity contribution is 6.35. The molecule has 0 saturated carbocycles. The van der Waals surface area contributed by atoms with E-state index in [4.69, 9.17) is 23.2 Å². The van der Waals surface area contributed by atoms with Gasteiger partial charge < -0.3 is 9.88 Å². The Kier molecular flexibility index (Phi) is 5.67. The Morgan fingerprint density at radius 3 is 2.64 bits per heavy atom. The van der Waals surface area contributed by atoms with E-state index < -0.39 is 0 Å². The van der Waals surface area contributed by atoms with Crippen molar-refractivity contribution in [2.75, 3.05) is 0 Å². The van der Waals surface area contributed by atoms with Gasteiger partial charge in [-0.15, -0.1) is 0 Å². The third-order valence-corrected chi connectivity index (χ3v) is 5.65. The van der Waals surface area contributed by atoms with Crippen LogP contribution in [0, 0.1) is 6.92 Å². The summed E-state index contributed by atoms with van der Waals surface area (Å²) in [5.41, 5.74) is 6.00. The minimum atomic E-state index is 0.656. The number of hydrogen-bond donors (Lipinski definition) is 1. The number of hydrogen-bond acceptors (Lipinski definition) is 2. The number of pyridine rings is 1. The van der Waals surface area contributed by atoms with Gasteiger partial charge in [-0.3, -0.25) is 4.98 Å². The first-order chi connectivity index (χ1) is 13.6. The molecule has 0 spiro atoms. The fourth-order valence-corrected chi connectivity index (χ4v) is 4.05. The number of fused-ring (bicyclic) bond motifs is 1. The van der Waals surface area contributed by atoms with Gasteiger partial charge in [-0.25, -0.2) is 0 Å². The number of para-hydroxylation sites is 1. The van der Waals surface area contributed by atoms with Gasteiger partial charge in [0, 0.05) is 58.7 Å². The largest absolute Gasteiger partial charge is 0.340 e. The summed E-state index contributed by atoms with van der Waals surface area (Å²) in [6.07, 6.45) is 3.69. The van der Waals surface area contributed by atoms with Crippen LogP contribution in [0.5, 0.6) is 0 Å². The molecule has 142 valence electrons. The molecule has 1 N–H and O–H groups in total. The van der Waals surface area contributed by atoms with Gasteiger partial charge in [0.2, 0.25) is 0 Å². The highest BCUT2D eigenvalue weighted by Crippen LogP contribution is 2.29. The Labute approximate surface area is 174 Å². The van der Waals surface area contributed by atoms with Crippen molar-refractivity contribution in [1.82, 2.24) is 14.9 Å². The molecule has 0 amide bonds. The van der Waals surface area contributed by atoms with Gasteiger partial charge in [0.15, 0.2) is 0 Å². The molecule has 2 aromatic heterocycles. The van der Waals surface area contributed by atoms with E-state index >= 15 is 0 Å². The molecule has 0 radical (unpaired) electrons. The van der Waals surface area contributed by atoms with Crippen molar-refractivity contribution in [2.24, 2.45) is 0 Å². The summed E-state index contributed by atoms with van der Waals surface area (Å²) in [5, 5.41) is 6.17. The number of benzene rings is 2. The lowest BCUT2D eigenvalue weighted by Crippen LogP contribution is -2.13. The van der Waals surface area contributed by atoms with Crippen molar-refractivity contribution >= 4 is 34.1 Å². The Hall–Kier alpha value is -2.33. The van der Waals surface area contributed by atoms with E-state index in [2.05, 4.69) is 52.1 Å². The van der Waals surface area contributed by atoms with Gasteiger partial charge in [0.25, 0.3) is 0 Å². The first-order valence-corrected chi connectivity index (χ1v) is 9.99. The quantitative estimate of drug-likeness (QED) is 0.423. The number of rotatable bonds is 6. The Morgan fingerprint density at radius 2 is 1.86 bits per heavy atom. The van der Waals surface area contributed by atoms with Gasteiger partial charge in [0.1, 0.15) is 0 Å². The van der Waals surface area contributed by atoms with Crippen LogP contribution in [-0.4, -0.2) is 9.55 Å². The predicted molar refractivity (Wildman–Crippen MR) is 117 cm³/mol. The van der Waals surface area contributed by atoms with Crippen LogP contribution in [0.15, 0.2) is 67.0 Å². The molecular weight excluding hydrogens is 389 g/mol. The van der Waals surface area contributed by atoms with E-state index in [0.717, 1.165) is 18.7 Å². The fourth-order valence-electron chi connectivity index (χ4n) is 3.58. The molecule has 0 unspecified atom stereocenters.